The number of benzene rings is 6. The van der Waals surface area contributed by atoms with Crippen LogP contribution >= 0.6 is 0 Å². The third-order valence-electron chi connectivity index (χ3n) is 14.0. The number of hydrogen-bond acceptors (Lipinski definition) is 0. The number of nitrogens with zero attached hydrogens (tertiary/aromatic N) is 1. The Morgan fingerprint density at radius 3 is 1.23 bits per heavy atom. The number of pyridine rings is 1. The zero-order chi connectivity index (χ0) is 45.8. The van der Waals surface area contributed by atoms with Gasteiger partial charge in [-0.25, -0.2) is 4.57 Å². The van der Waals surface area contributed by atoms with Crippen molar-refractivity contribution in [2.75, 3.05) is 0 Å². The highest BCUT2D eigenvalue weighted by Gasteiger charge is 2.43. The fourth-order valence-electron chi connectivity index (χ4n) is 10.9. The summed E-state index contributed by atoms with van der Waals surface area (Å²) in [5.74, 6) is 1.33. The van der Waals surface area contributed by atoms with Crippen LogP contribution in [0.25, 0.3) is 33.5 Å². The van der Waals surface area contributed by atoms with Crippen LogP contribution in [-0.4, -0.2) is 13.4 Å². The molecule has 0 spiro atoms. The lowest BCUT2D eigenvalue weighted by Crippen LogP contribution is -2.76. The van der Waals surface area contributed by atoms with Gasteiger partial charge in [0.25, 0.3) is 0 Å². The Balaban J connectivity index is 1.50. The Morgan fingerprint density at radius 2 is 0.844 bits per heavy atom. The molecule has 0 bridgehead atoms. The zero-order valence-corrected chi connectivity index (χ0v) is 41.3. The largest absolute Gasteiger partial charge is 0.240 e. The van der Waals surface area contributed by atoms with Crippen molar-refractivity contribution in [1.29, 1.82) is 0 Å². The Kier molecular flexibility index (Phi) is 12.6. The molecule has 64 heavy (non-hydrogen) atoms. The smallest absolute Gasteiger partial charge is 0.201 e. The third kappa shape index (κ3) is 8.60. The second kappa shape index (κ2) is 17.9. The maximum Gasteiger partial charge on any atom is 0.240 e. The zero-order valence-electron chi connectivity index (χ0n) is 41.3. The Bertz CT molecular complexity index is 2760. The van der Waals surface area contributed by atoms with Gasteiger partial charge in [-0.15, -0.1) is 0 Å². The minimum Gasteiger partial charge on any atom is -0.201 e. The van der Waals surface area contributed by atoms with Gasteiger partial charge in [0.2, 0.25) is 19.1 Å². The van der Waals surface area contributed by atoms with E-state index in [1.54, 1.807) is 0 Å². The normalized spacial score (nSPS) is 12.8. The molecule has 1 nitrogen and oxygen atoms in total. The number of aryl methyl sites for hydroxylation is 3. The molecule has 0 unspecified atom stereocenters. The summed E-state index contributed by atoms with van der Waals surface area (Å²) in [6.07, 6.45) is 3.39. The topological polar surface area (TPSA) is 3.88 Å². The molecule has 0 fully saturated rings. The van der Waals surface area contributed by atoms with Gasteiger partial charge < -0.3 is 0 Å². The van der Waals surface area contributed by atoms with Gasteiger partial charge >= 0.3 is 0 Å². The minimum atomic E-state index is 0.0554. The van der Waals surface area contributed by atoms with E-state index in [0.717, 1.165) is 6.42 Å². The van der Waals surface area contributed by atoms with Crippen molar-refractivity contribution in [3.8, 4) is 33.5 Å². The summed E-state index contributed by atoms with van der Waals surface area (Å²) in [4.78, 5) is 0. The number of rotatable bonds is 10. The van der Waals surface area contributed by atoms with Gasteiger partial charge in [-0.05, 0) is 105 Å². The van der Waals surface area contributed by atoms with E-state index in [2.05, 4.69) is 235 Å². The molecule has 2 heterocycles. The molecule has 0 radical (unpaired) electrons. The maximum atomic E-state index is 2.64. The Labute approximate surface area is 387 Å². The molecule has 7 aromatic rings. The molecular weight excluding hydrogens is 768 g/mol. The molecule has 1 aromatic heterocycles. The summed E-state index contributed by atoms with van der Waals surface area (Å²) < 4.78 is 2.38. The molecule has 0 atom stereocenters. The molecule has 324 valence electrons. The van der Waals surface area contributed by atoms with E-state index in [1.165, 1.54) is 105 Å². The van der Waals surface area contributed by atoms with Crippen LogP contribution in [0.1, 0.15) is 139 Å². The standard InChI is InChI=1S/C61H70B2N/c1-38(2)49-30-46(44-23-17-15-18-24-44)31-50(39(3)4)59(49)62-54-27-21-22-28-55(54)63(60-51(40(5)6)32-47(33-52(60)41(7)8)45-25-19-16-20-26-45)57-35-53(42(9)29-56(57)62)58-34-48(36-61(11,12)13)43(10)37-64(58)14/h15-35,37-41H,36H2,1-14H3/q+1. The first-order valence-corrected chi connectivity index (χ1v) is 24.1. The van der Waals surface area contributed by atoms with Gasteiger partial charge in [0.05, 0.1) is 0 Å². The summed E-state index contributed by atoms with van der Waals surface area (Å²) in [5, 5.41) is 0. The van der Waals surface area contributed by atoms with Crippen molar-refractivity contribution >= 4 is 46.2 Å². The number of fused-ring (bicyclic) bond motifs is 2. The van der Waals surface area contributed by atoms with Crippen molar-refractivity contribution < 1.29 is 4.57 Å². The van der Waals surface area contributed by atoms with Crippen molar-refractivity contribution in [3.05, 3.63) is 173 Å². The summed E-state index contributed by atoms with van der Waals surface area (Å²) in [7, 11) is 2.24. The molecule has 0 amide bonds. The van der Waals surface area contributed by atoms with E-state index < -0.39 is 0 Å². The van der Waals surface area contributed by atoms with Crippen LogP contribution in [0.15, 0.2) is 134 Å². The van der Waals surface area contributed by atoms with E-state index in [0.29, 0.717) is 23.7 Å². The van der Waals surface area contributed by atoms with Crippen molar-refractivity contribution in [2.24, 2.45) is 12.5 Å². The van der Waals surface area contributed by atoms with Crippen molar-refractivity contribution in [2.45, 2.75) is 120 Å². The predicted octanol–water partition coefficient (Wildman–Crippen LogP) is 11.6. The van der Waals surface area contributed by atoms with Crippen molar-refractivity contribution in [3.63, 3.8) is 0 Å². The molecule has 0 saturated heterocycles. The van der Waals surface area contributed by atoms with Crippen LogP contribution in [0.5, 0.6) is 0 Å². The molecule has 0 aliphatic carbocycles. The molecule has 8 rings (SSSR count). The quantitative estimate of drug-likeness (QED) is 0.0954. The SMILES string of the molecule is Cc1c[n+](C)c(-c2cc3c(cc2C)B(c2c(C(C)C)cc(-c4ccccc4)cc2C(C)C)c2ccccc2B3c2c(C(C)C)cc(-c3ccccc3)cc2C(C)C)cc1CC(C)(C)C. The lowest BCUT2D eigenvalue weighted by Gasteiger charge is -2.37. The first-order chi connectivity index (χ1) is 30.4. The van der Waals surface area contributed by atoms with Crippen LogP contribution in [0.3, 0.4) is 0 Å². The predicted molar refractivity (Wildman–Crippen MR) is 282 cm³/mol. The molecular formula is C61H70B2N+. The van der Waals surface area contributed by atoms with E-state index in [-0.39, 0.29) is 18.8 Å². The average molecular weight is 839 g/mol. The third-order valence-corrected chi connectivity index (χ3v) is 14.0. The van der Waals surface area contributed by atoms with Gasteiger partial charge in [0.15, 0.2) is 6.20 Å². The molecule has 6 aromatic carbocycles. The molecule has 0 N–H and O–H groups in total. The van der Waals surface area contributed by atoms with Gasteiger partial charge in [-0.3, -0.25) is 0 Å². The number of aromatic nitrogens is 1. The highest BCUT2D eigenvalue weighted by atomic mass is 14.9. The van der Waals surface area contributed by atoms with E-state index >= 15 is 0 Å². The average Bonchev–Trinajstić information content (AvgIpc) is 3.25. The molecule has 3 heteroatoms. The second-order valence-corrected chi connectivity index (χ2v) is 21.5. The Morgan fingerprint density at radius 1 is 0.453 bits per heavy atom. The van der Waals surface area contributed by atoms with Gasteiger partial charge in [0, 0.05) is 17.2 Å². The molecule has 1 aliphatic heterocycles. The first-order valence-electron chi connectivity index (χ1n) is 24.1. The fourth-order valence-corrected chi connectivity index (χ4v) is 10.9. The maximum absolute atomic E-state index is 2.64. The summed E-state index contributed by atoms with van der Waals surface area (Å²) in [6, 6.07) is 49.4. The molecule has 1 aliphatic rings. The lowest BCUT2D eigenvalue weighted by molar-refractivity contribution is -0.660. The van der Waals surface area contributed by atoms with E-state index in [4.69, 9.17) is 0 Å². The summed E-state index contributed by atoms with van der Waals surface area (Å²) in [5.41, 5.74) is 26.6. The molecule has 0 saturated carbocycles. The van der Waals surface area contributed by atoms with E-state index in [9.17, 15) is 0 Å². The highest BCUT2D eigenvalue weighted by molar-refractivity contribution is 7.11. The Hall–Kier alpha value is -5.40. The van der Waals surface area contributed by atoms with Crippen LogP contribution in [0.2, 0.25) is 0 Å². The monoisotopic (exact) mass is 839 g/mol. The second-order valence-electron chi connectivity index (χ2n) is 21.5. The van der Waals surface area contributed by atoms with Gasteiger partial charge in [-0.1, -0.05) is 230 Å². The van der Waals surface area contributed by atoms with Crippen molar-refractivity contribution in [1.82, 2.24) is 0 Å². The van der Waals surface area contributed by atoms with Gasteiger partial charge in [-0.2, -0.15) is 0 Å². The van der Waals surface area contributed by atoms with Crippen LogP contribution in [0.4, 0.5) is 0 Å². The first kappa shape index (κ1) is 45.2. The lowest BCUT2D eigenvalue weighted by atomic mass is 9.19. The van der Waals surface area contributed by atoms with Crippen LogP contribution < -0.4 is 37.3 Å². The van der Waals surface area contributed by atoms with Crippen LogP contribution in [-0.2, 0) is 13.5 Å². The number of hydrogen-bond donors (Lipinski definition) is 0. The minimum absolute atomic E-state index is 0.0554. The summed E-state index contributed by atoms with van der Waals surface area (Å²) >= 11 is 0. The van der Waals surface area contributed by atoms with E-state index in [1.807, 2.05) is 0 Å². The van der Waals surface area contributed by atoms with Gasteiger partial charge in [0.1, 0.15) is 7.05 Å². The van der Waals surface area contributed by atoms with Crippen LogP contribution in [0, 0.1) is 19.3 Å². The summed E-state index contributed by atoms with van der Waals surface area (Å²) in [6.45, 7) is 31.0. The fraction of sp³-hybridized carbons (Fsp3) is 0.328. The highest BCUT2D eigenvalue weighted by Crippen LogP contribution is 2.33.